The average molecular weight is 328 g/mol. The van der Waals surface area contributed by atoms with Gasteiger partial charge in [0.25, 0.3) is 5.91 Å². The maximum Gasteiger partial charge on any atom is 0.407 e. The number of ether oxygens (including phenoxy) is 1. The van der Waals surface area contributed by atoms with Crippen molar-refractivity contribution in [2.24, 2.45) is 0 Å². The van der Waals surface area contributed by atoms with E-state index in [2.05, 4.69) is 25.9 Å². The number of nitrogens with one attached hydrogen (secondary N) is 2. The number of hydrogen-bond acceptors (Lipinski definition) is 6. The van der Waals surface area contributed by atoms with E-state index >= 15 is 0 Å². The molecule has 2 aliphatic heterocycles. The van der Waals surface area contributed by atoms with Gasteiger partial charge in [-0.05, 0) is 24.1 Å². The molecule has 1 aromatic heterocycles. The number of tetrazole rings is 1. The molecule has 0 unspecified atom stereocenters. The molecule has 9 nitrogen and oxygen atoms in total. The van der Waals surface area contributed by atoms with Crippen LogP contribution >= 0.6 is 0 Å². The van der Waals surface area contributed by atoms with Gasteiger partial charge in [0.1, 0.15) is 5.60 Å². The molecule has 4 rings (SSSR count). The van der Waals surface area contributed by atoms with Gasteiger partial charge in [0.2, 0.25) is 5.82 Å². The second-order valence-corrected chi connectivity index (χ2v) is 6.04. The molecule has 3 heterocycles. The van der Waals surface area contributed by atoms with E-state index in [1.165, 1.54) is 0 Å². The lowest BCUT2D eigenvalue weighted by molar-refractivity contribution is -0.00501. The van der Waals surface area contributed by atoms with Gasteiger partial charge in [-0.3, -0.25) is 4.79 Å². The van der Waals surface area contributed by atoms with Crippen molar-refractivity contribution in [1.82, 2.24) is 30.8 Å². The summed E-state index contributed by atoms with van der Waals surface area (Å²) in [6, 6.07) is 7.15. The zero-order chi connectivity index (χ0) is 16.6. The fourth-order valence-corrected chi connectivity index (χ4v) is 3.31. The molecule has 9 heteroatoms. The number of likely N-dealkylation sites (tertiary alicyclic amines) is 1. The van der Waals surface area contributed by atoms with Gasteiger partial charge < -0.3 is 15.0 Å². The Bertz CT molecular complexity index is 777. The highest BCUT2D eigenvalue weighted by Crippen LogP contribution is 2.30. The summed E-state index contributed by atoms with van der Waals surface area (Å²) in [4.78, 5) is 26.1. The van der Waals surface area contributed by atoms with Gasteiger partial charge in [-0.2, -0.15) is 5.21 Å². The second kappa shape index (κ2) is 5.59. The lowest BCUT2D eigenvalue weighted by Crippen LogP contribution is -2.52. The quantitative estimate of drug-likeness (QED) is 0.834. The lowest BCUT2D eigenvalue weighted by atomic mass is 9.92. The van der Waals surface area contributed by atoms with E-state index in [4.69, 9.17) is 4.74 Å². The number of benzene rings is 1. The number of carbonyl (C=O) groups excluding carboxylic acids is 2. The van der Waals surface area contributed by atoms with E-state index < -0.39 is 11.7 Å². The predicted molar refractivity (Wildman–Crippen MR) is 82.0 cm³/mol. The fourth-order valence-electron chi connectivity index (χ4n) is 3.31. The predicted octanol–water partition coefficient (Wildman–Crippen LogP) is 0.581. The van der Waals surface area contributed by atoms with Crippen LogP contribution < -0.4 is 5.32 Å². The Morgan fingerprint density at radius 1 is 1.33 bits per heavy atom. The molecule has 2 N–H and O–H groups in total. The average Bonchev–Trinajstić information content (AvgIpc) is 3.25. The van der Waals surface area contributed by atoms with Gasteiger partial charge in [0.05, 0.1) is 18.7 Å². The first kappa shape index (κ1) is 14.6. The van der Waals surface area contributed by atoms with Crippen LogP contribution in [-0.4, -0.2) is 62.8 Å². The first-order chi connectivity index (χ1) is 11.7. The number of hydrogen-bond donors (Lipinski definition) is 2. The van der Waals surface area contributed by atoms with Gasteiger partial charge in [0, 0.05) is 12.1 Å². The monoisotopic (exact) mass is 328 g/mol. The molecule has 2 amide bonds. The van der Waals surface area contributed by atoms with E-state index in [-0.39, 0.29) is 5.91 Å². The Balaban J connectivity index is 1.61. The third-order valence-corrected chi connectivity index (χ3v) is 4.43. The topological polar surface area (TPSA) is 113 Å². The molecule has 24 heavy (non-hydrogen) atoms. The number of carbonyl (C=O) groups is 2. The summed E-state index contributed by atoms with van der Waals surface area (Å²) in [7, 11) is 0. The zero-order valence-electron chi connectivity index (χ0n) is 12.9. The van der Waals surface area contributed by atoms with Crippen molar-refractivity contribution in [1.29, 1.82) is 0 Å². The largest absolute Gasteiger partial charge is 0.439 e. The summed E-state index contributed by atoms with van der Waals surface area (Å²) in [5, 5.41) is 16.5. The van der Waals surface area contributed by atoms with Gasteiger partial charge in [0.15, 0.2) is 0 Å². The number of nitrogens with zero attached hydrogens (tertiary/aromatic N) is 4. The molecule has 0 saturated carbocycles. The van der Waals surface area contributed by atoms with Crippen molar-refractivity contribution in [3.8, 4) is 11.4 Å². The Morgan fingerprint density at radius 3 is 2.96 bits per heavy atom. The van der Waals surface area contributed by atoms with Crippen molar-refractivity contribution in [3.63, 3.8) is 0 Å². The summed E-state index contributed by atoms with van der Waals surface area (Å²) >= 11 is 0. The number of rotatable bonds is 2. The summed E-state index contributed by atoms with van der Waals surface area (Å²) in [5.74, 6) is 0.247. The molecule has 1 atom stereocenters. The third kappa shape index (κ3) is 2.47. The molecular formula is C15H16N6O3. The Morgan fingerprint density at radius 2 is 2.21 bits per heavy atom. The zero-order valence-corrected chi connectivity index (χ0v) is 12.9. The number of H-pyrrole nitrogens is 1. The maximum absolute atomic E-state index is 13.0. The number of aromatic nitrogens is 4. The minimum atomic E-state index is -0.619. The van der Waals surface area contributed by atoms with Crippen molar-refractivity contribution in [3.05, 3.63) is 29.8 Å². The van der Waals surface area contributed by atoms with Crippen LogP contribution in [-0.2, 0) is 4.74 Å². The molecule has 0 aliphatic carbocycles. The highest BCUT2D eigenvalue weighted by Gasteiger charge is 2.45. The van der Waals surface area contributed by atoms with Crippen molar-refractivity contribution < 1.29 is 14.3 Å². The van der Waals surface area contributed by atoms with Crippen LogP contribution in [0.15, 0.2) is 24.3 Å². The molecule has 0 radical (unpaired) electrons. The maximum atomic E-state index is 13.0. The van der Waals surface area contributed by atoms with E-state index in [9.17, 15) is 9.59 Å². The van der Waals surface area contributed by atoms with E-state index in [0.717, 1.165) is 12.8 Å². The number of piperidine rings is 1. The molecule has 2 aromatic rings. The van der Waals surface area contributed by atoms with Crippen LogP contribution in [0.3, 0.4) is 0 Å². The molecule has 2 aliphatic rings. The summed E-state index contributed by atoms with van der Waals surface area (Å²) in [6.07, 6.45) is 1.11. The van der Waals surface area contributed by atoms with Crippen molar-refractivity contribution in [2.45, 2.75) is 18.4 Å². The first-order valence-electron chi connectivity index (χ1n) is 7.76. The number of aromatic amines is 1. The van der Waals surface area contributed by atoms with Crippen LogP contribution in [0.4, 0.5) is 4.79 Å². The Hall–Kier alpha value is -2.97. The van der Waals surface area contributed by atoms with Gasteiger partial charge in [-0.15, -0.1) is 10.2 Å². The lowest BCUT2D eigenvalue weighted by Gasteiger charge is -2.38. The van der Waals surface area contributed by atoms with Crippen molar-refractivity contribution in [2.75, 3.05) is 19.6 Å². The minimum Gasteiger partial charge on any atom is -0.439 e. The van der Waals surface area contributed by atoms with E-state index in [1.807, 2.05) is 6.07 Å². The molecule has 124 valence electrons. The molecule has 1 aromatic carbocycles. The second-order valence-electron chi connectivity index (χ2n) is 6.04. The molecule has 1 spiro atoms. The van der Waals surface area contributed by atoms with E-state index in [1.54, 1.807) is 23.1 Å². The van der Waals surface area contributed by atoms with Crippen LogP contribution in [0.25, 0.3) is 11.4 Å². The highest BCUT2D eigenvalue weighted by atomic mass is 16.6. The van der Waals surface area contributed by atoms with Crippen molar-refractivity contribution >= 4 is 12.0 Å². The van der Waals surface area contributed by atoms with Gasteiger partial charge >= 0.3 is 6.09 Å². The molecular weight excluding hydrogens is 312 g/mol. The smallest absolute Gasteiger partial charge is 0.407 e. The molecule has 0 bridgehead atoms. The third-order valence-electron chi connectivity index (χ3n) is 4.43. The normalized spacial score (nSPS) is 23.2. The highest BCUT2D eigenvalue weighted by molar-refractivity contribution is 6.00. The van der Waals surface area contributed by atoms with Gasteiger partial charge in [-0.1, -0.05) is 18.2 Å². The molecule has 2 saturated heterocycles. The van der Waals surface area contributed by atoms with Crippen LogP contribution in [0, 0.1) is 0 Å². The number of alkyl carbamates (subject to hydrolysis) is 1. The summed E-state index contributed by atoms with van der Waals surface area (Å²) in [6.45, 7) is 1.44. The SMILES string of the molecule is O=C1NC[C@]2(CCCN(C(=O)c3ccccc3-c3nn[nH]n3)C2)O1. The molecule has 2 fully saturated rings. The Kier molecular flexibility index (Phi) is 3.40. The Labute approximate surface area is 137 Å². The summed E-state index contributed by atoms with van der Waals surface area (Å²) in [5.41, 5.74) is 0.511. The number of amides is 2. The van der Waals surface area contributed by atoms with Crippen LogP contribution in [0.2, 0.25) is 0 Å². The first-order valence-corrected chi connectivity index (χ1v) is 7.76. The standard InChI is InChI=1S/C15H16N6O3/c22-13(11-5-2-1-4-10(11)12-17-19-20-18-12)21-7-3-6-15(9-21)8-16-14(23)24-15/h1-2,4-5H,3,6-9H2,(H,16,23)(H,17,18,19,20)/t15-/m0/s1. The summed E-state index contributed by atoms with van der Waals surface area (Å²) < 4.78 is 5.42. The van der Waals surface area contributed by atoms with E-state index in [0.29, 0.717) is 36.6 Å². The van der Waals surface area contributed by atoms with Gasteiger partial charge in [-0.25, -0.2) is 4.79 Å². The minimum absolute atomic E-state index is 0.127. The van der Waals surface area contributed by atoms with Crippen LogP contribution in [0.1, 0.15) is 23.2 Å². The fraction of sp³-hybridized carbons (Fsp3) is 0.400. The van der Waals surface area contributed by atoms with Crippen LogP contribution in [0.5, 0.6) is 0 Å².